The SMILES string of the molecule is Cc1noc(C)c1CN1CC2(CC[C@@H](CNC(=O)N3CCCC3)CO2)C1. The zero-order valence-corrected chi connectivity index (χ0v) is 15.9. The van der Waals surface area contributed by atoms with Gasteiger partial charge >= 0.3 is 6.03 Å². The Morgan fingerprint density at radius 1 is 1.31 bits per heavy atom. The Morgan fingerprint density at radius 3 is 2.69 bits per heavy atom. The van der Waals surface area contributed by atoms with Crippen LogP contribution in [0.2, 0.25) is 0 Å². The number of ether oxygens (including phenoxy) is 1. The van der Waals surface area contributed by atoms with Gasteiger partial charge in [0.25, 0.3) is 0 Å². The molecule has 4 heterocycles. The van der Waals surface area contributed by atoms with Gasteiger partial charge in [0, 0.05) is 44.8 Å². The lowest BCUT2D eigenvalue weighted by Crippen LogP contribution is -2.64. The minimum absolute atomic E-state index is 0.0223. The van der Waals surface area contributed by atoms with E-state index in [1.807, 2.05) is 18.7 Å². The first-order valence-corrected chi connectivity index (χ1v) is 9.85. The molecular weight excluding hydrogens is 332 g/mol. The van der Waals surface area contributed by atoms with Crippen LogP contribution in [0.1, 0.15) is 42.7 Å². The molecule has 4 rings (SSSR count). The molecule has 7 heteroatoms. The first kappa shape index (κ1) is 17.8. The quantitative estimate of drug-likeness (QED) is 0.888. The Balaban J connectivity index is 1.18. The molecule has 0 aliphatic carbocycles. The van der Waals surface area contributed by atoms with E-state index in [1.165, 1.54) is 5.56 Å². The number of rotatable bonds is 4. The predicted octanol–water partition coefficient (Wildman–Crippen LogP) is 2.08. The summed E-state index contributed by atoms with van der Waals surface area (Å²) in [5.41, 5.74) is 2.22. The van der Waals surface area contributed by atoms with Crippen LogP contribution in [-0.2, 0) is 11.3 Å². The molecule has 1 N–H and O–H groups in total. The average Bonchev–Trinajstić information content (AvgIpc) is 3.25. The van der Waals surface area contributed by atoms with Crippen LogP contribution in [0, 0.1) is 19.8 Å². The molecule has 0 radical (unpaired) electrons. The molecule has 3 fully saturated rings. The van der Waals surface area contributed by atoms with Crippen molar-refractivity contribution in [3.05, 3.63) is 17.0 Å². The Kier molecular flexibility index (Phi) is 4.92. The third kappa shape index (κ3) is 3.60. The third-order valence-electron chi connectivity index (χ3n) is 6.16. The molecule has 0 aromatic carbocycles. The monoisotopic (exact) mass is 362 g/mol. The second kappa shape index (κ2) is 7.19. The lowest BCUT2D eigenvalue weighted by Gasteiger charge is -2.53. The van der Waals surface area contributed by atoms with Crippen LogP contribution in [0.5, 0.6) is 0 Å². The van der Waals surface area contributed by atoms with E-state index in [0.717, 1.165) is 83.0 Å². The number of carbonyl (C=O) groups excluding carboxylic acids is 1. The van der Waals surface area contributed by atoms with Gasteiger partial charge in [-0.2, -0.15) is 0 Å². The minimum Gasteiger partial charge on any atom is -0.372 e. The number of urea groups is 1. The van der Waals surface area contributed by atoms with Crippen molar-refractivity contribution in [2.24, 2.45) is 5.92 Å². The van der Waals surface area contributed by atoms with Crippen LogP contribution < -0.4 is 5.32 Å². The molecule has 3 aliphatic rings. The Labute approximate surface area is 155 Å². The van der Waals surface area contributed by atoms with Crippen molar-refractivity contribution in [1.82, 2.24) is 20.3 Å². The highest BCUT2D eigenvalue weighted by Crippen LogP contribution is 2.37. The fourth-order valence-electron chi connectivity index (χ4n) is 4.42. The first-order chi connectivity index (χ1) is 12.5. The maximum Gasteiger partial charge on any atom is 0.317 e. The molecule has 0 bridgehead atoms. The molecule has 3 aliphatic heterocycles. The van der Waals surface area contributed by atoms with Gasteiger partial charge in [0.15, 0.2) is 0 Å². The van der Waals surface area contributed by atoms with E-state index in [0.29, 0.717) is 5.92 Å². The van der Waals surface area contributed by atoms with Gasteiger partial charge in [0.05, 0.1) is 17.9 Å². The normalized spacial score (nSPS) is 25.5. The topological polar surface area (TPSA) is 70.8 Å². The zero-order chi connectivity index (χ0) is 18.1. The summed E-state index contributed by atoms with van der Waals surface area (Å²) >= 11 is 0. The van der Waals surface area contributed by atoms with Gasteiger partial charge < -0.3 is 19.5 Å². The van der Waals surface area contributed by atoms with Gasteiger partial charge in [-0.25, -0.2) is 4.79 Å². The van der Waals surface area contributed by atoms with Crippen LogP contribution >= 0.6 is 0 Å². The molecule has 26 heavy (non-hydrogen) atoms. The number of aryl methyl sites for hydroxylation is 2. The average molecular weight is 362 g/mol. The molecule has 3 saturated heterocycles. The molecular formula is C19H30N4O3. The molecule has 1 atom stereocenters. The van der Waals surface area contributed by atoms with Crippen LogP contribution in [0.3, 0.4) is 0 Å². The highest BCUT2D eigenvalue weighted by atomic mass is 16.5. The van der Waals surface area contributed by atoms with E-state index < -0.39 is 0 Å². The highest BCUT2D eigenvalue weighted by molar-refractivity contribution is 5.74. The summed E-state index contributed by atoms with van der Waals surface area (Å²) in [5.74, 6) is 1.35. The molecule has 1 aromatic heterocycles. The summed E-state index contributed by atoms with van der Waals surface area (Å²) < 4.78 is 11.5. The number of carbonyl (C=O) groups is 1. The van der Waals surface area contributed by atoms with Crippen molar-refractivity contribution in [3.63, 3.8) is 0 Å². The minimum atomic E-state index is 0.0223. The second-order valence-electron chi connectivity index (χ2n) is 8.23. The van der Waals surface area contributed by atoms with Gasteiger partial charge in [-0.3, -0.25) is 4.90 Å². The van der Waals surface area contributed by atoms with E-state index in [4.69, 9.17) is 9.26 Å². The Hall–Kier alpha value is -1.60. The molecule has 1 aromatic rings. The summed E-state index contributed by atoms with van der Waals surface area (Å²) in [4.78, 5) is 16.4. The predicted molar refractivity (Wildman–Crippen MR) is 96.9 cm³/mol. The van der Waals surface area contributed by atoms with Crippen LogP contribution in [0.25, 0.3) is 0 Å². The van der Waals surface area contributed by atoms with Crippen molar-refractivity contribution < 1.29 is 14.1 Å². The van der Waals surface area contributed by atoms with E-state index in [1.54, 1.807) is 0 Å². The van der Waals surface area contributed by atoms with Crippen molar-refractivity contribution >= 4 is 6.03 Å². The number of amides is 2. The summed E-state index contributed by atoms with van der Waals surface area (Å²) in [5, 5.41) is 7.12. The maximum absolute atomic E-state index is 12.1. The maximum atomic E-state index is 12.1. The van der Waals surface area contributed by atoms with Crippen molar-refractivity contribution in [3.8, 4) is 0 Å². The summed E-state index contributed by atoms with van der Waals surface area (Å²) in [6, 6.07) is 0.0945. The summed E-state index contributed by atoms with van der Waals surface area (Å²) in [7, 11) is 0. The molecule has 0 unspecified atom stereocenters. The zero-order valence-electron chi connectivity index (χ0n) is 15.9. The van der Waals surface area contributed by atoms with Gasteiger partial charge in [0.2, 0.25) is 0 Å². The number of hydrogen-bond donors (Lipinski definition) is 1. The number of hydrogen-bond acceptors (Lipinski definition) is 5. The third-order valence-corrected chi connectivity index (χ3v) is 6.16. The lowest BCUT2D eigenvalue weighted by atomic mass is 9.82. The van der Waals surface area contributed by atoms with Crippen LogP contribution in [0.4, 0.5) is 4.79 Å². The molecule has 0 saturated carbocycles. The molecule has 1 spiro atoms. The summed E-state index contributed by atoms with van der Waals surface area (Å²) in [6.45, 7) is 10.1. The van der Waals surface area contributed by atoms with Gasteiger partial charge in [-0.15, -0.1) is 0 Å². The van der Waals surface area contributed by atoms with E-state index in [2.05, 4.69) is 15.4 Å². The Bertz CT molecular complexity index is 618. The summed E-state index contributed by atoms with van der Waals surface area (Å²) in [6.07, 6.45) is 4.47. The molecule has 144 valence electrons. The van der Waals surface area contributed by atoms with E-state index in [-0.39, 0.29) is 11.6 Å². The fraction of sp³-hybridized carbons (Fsp3) is 0.789. The second-order valence-corrected chi connectivity index (χ2v) is 8.23. The van der Waals surface area contributed by atoms with Gasteiger partial charge in [-0.05, 0) is 45.4 Å². The van der Waals surface area contributed by atoms with Crippen LogP contribution in [-0.4, -0.2) is 65.9 Å². The van der Waals surface area contributed by atoms with Crippen molar-refractivity contribution in [2.45, 2.75) is 51.7 Å². The Morgan fingerprint density at radius 2 is 2.08 bits per heavy atom. The van der Waals surface area contributed by atoms with Crippen molar-refractivity contribution in [1.29, 1.82) is 0 Å². The smallest absolute Gasteiger partial charge is 0.317 e. The fourth-order valence-corrected chi connectivity index (χ4v) is 4.42. The van der Waals surface area contributed by atoms with Gasteiger partial charge in [-0.1, -0.05) is 5.16 Å². The lowest BCUT2D eigenvalue weighted by molar-refractivity contribution is -0.181. The number of aromatic nitrogens is 1. The van der Waals surface area contributed by atoms with Gasteiger partial charge in [0.1, 0.15) is 5.76 Å². The molecule has 7 nitrogen and oxygen atoms in total. The molecule has 2 amide bonds. The first-order valence-electron chi connectivity index (χ1n) is 9.85. The van der Waals surface area contributed by atoms with E-state index >= 15 is 0 Å². The number of nitrogens with one attached hydrogen (secondary N) is 1. The van der Waals surface area contributed by atoms with E-state index in [9.17, 15) is 4.79 Å². The van der Waals surface area contributed by atoms with Crippen molar-refractivity contribution in [2.75, 3.05) is 39.3 Å². The number of likely N-dealkylation sites (tertiary alicyclic amines) is 2. The largest absolute Gasteiger partial charge is 0.372 e. The standard InChI is InChI=1S/C19H30N4O3/c1-14-17(15(2)26-21-14)10-22-12-19(13-22)6-5-16(11-25-19)9-20-18(24)23-7-3-4-8-23/h16H,3-13H2,1-2H3,(H,20,24)/t16-/m0/s1. The number of nitrogens with zero attached hydrogens (tertiary/aromatic N) is 3. The van der Waals surface area contributed by atoms with Crippen LogP contribution in [0.15, 0.2) is 4.52 Å². The highest BCUT2D eigenvalue weighted by Gasteiger charge is 2.46.